The molecule has 1 saturated heterocycles. The minimum Gasteiger partial charge on any atom is -0.395 e. The van der Waals surface area contributed by atoms with Gasteiger partial charge in [-0.1, -0.05) is 0 Å². The normalized spacial score (nSPS) is 16.6. The van der Waals surface area contributed by atoms with Gasteiger partial charge in [-0.05, 0) is 25.1 Å². The summed E-state index contributed by atoms with van der Waals surface area (Å²) >= 11 is 0. The molecule has 1 aliphatic rings. The molecule has 1 aromatic carbocycles. The van der Waals surface area contributed by atoms with Gasteiger partial charge in [-0.15, -0.1) is 0 Å². The highest BCUT2D eigenvalue weighted by Crippen LogP contribution is 2.16. The fraction of sp³-hybridized carbons (Fsp3) is 0.467. The van der Waals surface area contributed by atoms with Crippen molar-refractivity contribution in [3.05, 3.63) is 29.6 Å². The molecule has 0 atom stereocenters. The predicted molar refractivity (Wildman–Crippen MR) is 80.3 cm³/mol. The number of aryl methyl sites for hydroxylation is 1. The summed E-state index contributed by atoms with van der Waals surface area (Å²) in [6, 6.07) is 5.61. The van der Waals surface area contributed by atoms with Crippen molar-refractivity contribution in [2.24, 2.45) is 0 Å². The number of β-amino-alcohol motifs (C(OH)–C–C–N with tert-alkyl or cyclic N) is 1. The summed E-state index contributed by atoms with van der Waals surface area (Å²) in [5.74, 6) is 0.911. The number of nitrogens with one attached hydrogen (secondary N) is 1. The molecule has 2 heterocycles. The van der Waals surface area contributed by atoms with Crippen LogP contribution in [0.5, 0.6) is 0 Å². The van der Waals surface area contributed by atoms with E-state index in [4.69, 9.17) is 5.11 Å². The lowest BCUT2D eigenvalue weighted by Crippen LogP contribution is -2.49. The van der Waals surface area contributed by atoms with Crippen molar-refractivity contribution in [2.45, 2.75) is 6.92 Å². The third kappa shape index (κ3) is 2.91. The largest absolute Gasteiger partial charge is 0.395 e. The minimum atomic E-state index is 0.0567. The number of piperazine rings is 1. The molecule has 1 fully saturated rings. The summed E-state index contributed by atoms with van der Waals surface area (Å²) in [6.45, 7) is 5.80. The number of hydrogen-bond donors (Lipinski definition) is 2. The van der Waals surface area contributed by atoms with E-state index in [1.54, 1.807) is 0 Å². The van der Waals surface area contributed by atoms with Crippen LogP contribution in [0.2, 0.25) is 0 Å². The van der Waals surface area contributed by atoms with Crippen LogP contribution in [0.25, 0.3) is 11.0 Å². The van der Waals surface area contributed by atoms with Crippen molar-refractivity contribution in [3.63, 3.8) is 0 Å². The van der Waals surface area contributed by atoms with Gasteiger partial charge < -0.3 is 15.0 Å². The summed E-state index contributed by atoms with van der Waals surface area (Å²) in [7, 11) is 0. The Morgan fingerprint density at radius 1 is 1.33 bits per heavy atom. The van der Waals surface area contributed by atoms with Gasteiger partial charge in [-0.2, -0.15) is 0 Å². The van der Waals surface area contributed by atoms with Gasteiger partial charge in [-0.3, -0.25) is 9.69 Å². The van der Waals surface area contributed by atoms with E-state index in [2.05, 4.69) is 14.9 Å². The standard InChI is InChI=1S/C15H20N4O2/c1-11-16-13-3-2-12(10-14(13)17-11)15(21)19-6-4-18(5-7-19)8-9-20/h2-3,10,20H,4-9H2,1H3,(H,16,17). The first kappa shape index (κ1) is 14.0. The van der Waals surface area contributed by atoms with Gasteiger partial charge in [0.1, 0.15) is 5.82 Å². The van der Waals surface area contributed by atoms with E-state index in [-0.39, 0.29) is 12.5 Å². The van der Waals surface area contributed by atoms with E-state index >= 15 is 0 Å². The lowest BCUT2D eigenvalue weighted by molar-refractivity contribution is 0.0615. The SMILES string of the molecule is Cc1nc2cc(C(=O)N3CCN(CCO)CC3)ccc2[nH]1. The van der Waals surface area contributed by atoms with Gasteiger partial charge in [0.05, 0.1) is 17.6 Å². The Bertz CT molecular complexity index is 644. The van der Waals surface area contributed by atoms with Crippen LogP contribution in [0.3, 0.4) is 0 Å². The zero-order chi connectivity index (χ0) is 14.8. The maximum atomic E-state index is 12.5. The smallest absolute Gasteiger partial charge is 0.254 e. The second kappa shape index (κ2) is 5.83. The monoisotopic (exact) mass is 288 g/mol. The number of imidazole rings is 1. The molecule has 6 nitrogen and oxygen atoms in total. The summed E-state index contributed by atoms with van der Waals surface area (Å²) in [5, 5.41) is 8.94. The van der Waals surface area contributed by atoms with Gasteiger partial charge in [0.2, 0.25) is 0 Å². The van der Waals surface area contributed by atoms with Crippen LogP contribution >= 0.6 is 0 Å². The highest BCUT2D eigenvalue weighted by Gasteiger charge is 2.22. The number of aliphatic hydroxyl groups is 1. The Labute approximate surface area is 123 Å². The lowest BCUT2D eigenvalue weighted by atomic mass is 10.1. The van der Waals surface area contributed by atoms with E-state index in [1.165, 1.54) is 0 Å². The zero-order valence-electron chi connectivity index (χ0n) is 12.2. The molecule has 0 radical (unpaired) electrons. The number of rotatable bonds is 3. The predicted octanol–water partition coefficient (Wildman–Crippen LogP) is 0.621. The maximum absolute atomic E-state index is 12.5. The summed E-state index contributed by atoms with van der Waals surface area (Å²) in [6.07, 6.45) is 0. The Hall–Kier alpha value is -1.92. The molecular weight excluding hydrogens is 268 g/mol. The molecule has 0 spiro atoms. The van der Waals surface area contributed by atoms with Gasteiger partial charge >= 0.3 is 0 Å². The Balaban J connectivity index is 1.72. The number of carbonyl (C=O) groups excluding carboxylic acids is 1. The Morgan fingerprint density at radius 3 is 2.81 bits per heavy atom. The summed E-state index contributed by atoms with van der Waals surface area (Å²) in [4.78, 5) is 24.1. The van der Waals surface area contributed by atoms with Gasteiger partial charge in [0.15, 0.2) is 0 Å². The Kier molecular flexibility index (Phi) is 3.90. The zero-order valence-corrected chi connectivity index (χ0v) is 12.2. The number of aromatic amines is 1. The lowest BCUT2D eigenvalue weighted by Gasteiger charge is -2.34. The number of H-pyrrole nitrogens is 1. The molecule has 1 aliphatic heterocycles. The molecule has 3 rings (SSSR count). The molecule has 2 aromatic rings. The number of aromatic nitrogens is 2. The van der Waals surface area contributed by atoms with Crippen LogP contribution in [-0.2, 0) is 0 Å². The van der Waals surface area contributed by atoms with Crippen LogP contribution in [0.15, 0.2) is 18.2 Å². The molecule has 0 bridgehead atoms. The first-order valence-electron chi connectivity index (χ1n) is 7.26. The molecule has 0 unspecified atom stereocenters. The number of amides is 1. The third-order valence-corrected chi connectivity index (χ3v) is 3.92. The van der Waals surface area contributed by atoms with Crippen LogP contribution < -0.4 is 0 Å². The fourth-order valence-corrected chi connectivity index (χ4v) is 2.76. The van der Waals surface area contributed by atoms with E-state index < -0.39 is 0 Å². The molecule has 2 N–H and O–H groups in total. The quantitative estimate of drug-likeness (QED) is 0.868. The van der Waals surface area contributed by atoms with E-state index in [1.807, 2.05) is 30.0 Å². The van der Waals surface area contributed by atoms with Crippen LogP contribution in [0, 0.1) is 6.92 Å². The number of fused-ring (bicyclic) bond motifs is 1. The molecule has 1 aromatic heterocycles. The van der Waals surface area contributed by atoms with Crippen molar-refractivity contribution in [1.29, 1.82) is 0 Å². The average Bonchev–Trinajstić information content (AvgIpc) is 2.86. The molecule has 1 amide bonds. The topological polar surface area (TPSA) is 72.5 Å². The number of aliphatic hydroxyl groups excluding tert-OH is 1. The molecule has 0 saturated carbocycles. The van der Waals surface area contributed by atoms with Crippen molar-refractivity contribution in [1.82, 2.24) is 19.8 Å². The van der Waals surface area contributed by atoms with Crippen molar-refractivity contribution in [2.75, 3.05) is 39.3 Å². The first-order chi connectivity index (χ1) is 10.2. The van der Waals surface area contributed by atoms with E-state index in [9.17, 15) is 4.79 Å². The highest BCUT2D eigenvalue weighted by atomic mass is 16.3. The van der Waals surface area contributed by atoms with Crippen LogP contribution in [-0.4, -0.2) is 70.1 Å². The van der Waals surface area contributed by atoms with Gasteiger partial charge in [-0.25, -0.2) is 4.98 Å². The average molecular weight is 288 g/mol. The molecule has 112 valence electrons. The number of nitrogens with zero attached hydrogens (tertiary/aromatic N) is 3. The first-order valence-corrected chi connectivity index (χ1v) is 7.26. The second-order valence-electron chi connectivity index (χ2n) is 5.41. The Morgan fingerprint density at radius 2 is 2.10 bits per heavy atom. The maximum Gasteiger partial charge on any atom is 0.254 e. The van der Waals surface area contributed by atoms with Crippen molar-refractivity contribution in [3.8, 4) is 0 Å². The van der Waals surface area contributed by atoms with E-state index in [0.29, 0.717) is 25.2 Å². The fourth-order valence-electron chi connectivity index (χ4n) is 2.76. The molecular formula is C15H20N4O2. The van der Waals surface area contributed by atoms with Crippen molar-refractivity contribution < 1.29 is 9.90 Å². The third-order valence-electron chi connectivity index (χ3n) is 3.92. The van der Waals surface area contributed by atoms with Gasteiger partial charge in [0.25, 0.3) is 5.91 Å². The van der Waals surface area contributed by atoms with Crippen molar-refractivity contribution >= 4 is 16.9 Å². The van der Waals surface area contributed by atoms with E-state index in [0.717, 1.165) is 29.9 Å². The summed E-state index contributed by atoms with van der Waals surface area (Å²) < 4.78 is 0. The van der Waals surface area contributed by atoms with Gasteiger partial charge in [0, 0.05) is 38.3 Å². The number of carbonyl (C=O) groups is 1. The molecule has 6 heteroatoms. The van der Waals surface area contributed by atoms with Crippen LogP contribution in [0.4, 0.5) is 0 Å². The van der Waals surface area contributed by atoms with Crippen LogP contribution in [0.1, 0.15) is 16.2 Å². The number of hydrogen-bond acceptors (Lipinski definition) is 4. The minimum absolute atomic E-state index is 0.0567. The number of benzene rings is 1. The molecule has 21 heavy (non-hydrogen) atoms. The highest BCUT2D eigenvalue weighted by molar-refractivity contribution is 5.97. The molecule has 0 aliphatic carbocycles. The summed E-state index contributed by atoms with van der Waals surface area (Å²) in [5.41, 5.74) is 2.47. The second-order valence-corrected chi connectivity index (χ2v) is 5.41.